The van der Waals surface area contributed by atoms with E-state index in [1.54, 1.807) is 37.3 Å². The molecule has 0 aliphatic rings. The number of rotatable bonds is 4. The van der Waals surface area contributed by atoms with Gasteiger partial charge < -0.3 is 5.32 Å². The number of sulfone groups is 1. The zero-order chi connectivity index (χ0) is 15.3. The average Bonchev–Trinajstić information content (AvgIpc) is 2.49. The second-order valence-corrected chi connectivity index (χ2v) is 6.62. The summed E-state index contributed by atoms with van der Waals surface area (Å²) in [6.07, 6.45) is 1.51. The van der Waals surface area contributed by atoms with E-state index >= 15 is 0 Å². The lowest BCUT2D eigenvalue weighted by Crippen LogP contribution is -2.19. The van der Waals surface area contributed by atoms with Gasteiger partial charge in [0, 0.05) is 5.69 Å². The molecule has 21 heavy (non-hydrogen) atoms. The molecular formula is C16H15NO2S2. The summed E-state index contributed by atoms with van der Waals surface area (Å²) >= 11 is 5.25. The lowest BCUT2D eigenvalue weighted by atomic mass is 10.3. The summed E-state index contributed by atoms with van der Waals surface area (Å²) in [5.41, 5.74) is 0.755. The molecule has 0 saturated heterocycles. The number of benzene rings is 2. The summed E-state index contributed by atoms with van der Waals surface area (Å²) in [7, 11) is -3.61. The number of hydrogen-bond donors (Lipinski definition) is 1. The van der Waals surface area contributed by atoms with Crippen LogP contribution in [0.5, 0.6) is 0 Å². The molecule has 0 amide bonds. The predicted octanol–water partition coefficient (Wildman–Crippen LogP) is 3.80. The highest BCUT2D eigenvalue weighted by atomic mass is 32.2. The van der Waals surface area contributed by atoms with Crippen molar-refractivity contribution in [2.45, 2.75) is 11.8 Å². The summed E-state index contributed by atoms with van der Waals surface area (Å²) in [5.74, 6) is 0. The molecule has 0 aliphatic heterocycles. The smallest absolute Gasteiger partial charge is 0.209 e. The Morgan fingerprint density at radius 2 is 1.52 bits per heavy atom. The van der Waals surface area contributed by atoms with Crippen LogP contribution < -0.4 is 5.32 Å². The fraction of sp³-hybridized carbons (Fsp3) is 0.0625. The van der Waals surface area contributed by atoms with Crippen molar-refractivity contribution in [1.82, 2.24) is 0 Å². The number of anilines is 1. The minimum absolute atomic E-state index is 0.104. The largest absolute Gasteiger partial charge is 0.346 e. The van der Waals surface area contributed by atoms with Crippen molar-refractivity contribution in [2.75, 3.05) is 5.32 Å². The normalized spacial score (nSPS) is 12.0. The first-order valence-corrected chi connectivity index (χ1v) is 8.27. The summed E-state index contributed by atoms with van der Waals surface area (Å²) in [6.45, 7) is 1.66. The van der Waals surface area contributed by atoms with Gasteiger partial charge in [0.15, 0.2) is 0 Å². The standard InChI is InChI=1S/C16H15NO2S2/c1-2-15(16(20)17-13-9-5-3-6-10-13)21(18,19)14-11-7-4-8-12-14/h2-12H,1H3,(H,17,20)/b15-2-. The second kappa shape index (κ2) is 6.65. The van der Waals surface area contributed by atoms with Gasteiger partial charge in [-0.1, -0.05) is 54.7 Å². The number of hydrogen-bond acceptors (Lipinski definition) is 3. The predicted molar refractivity (Wildman–Crippen MR) is 90.0 cm³/mol. The van der Waals surface area contributed by atoms with E-state index in [9.17, 15) is 8.42 Å². The van der Waals surface area contributed by atoms with Crippen LogP contribution in [-0.2, 0) is 9.84 Å². The lowest BCUT2D eigenvalue weighted by Gasteiger charge is -2.12. The van der Waals surface area contributed by atoms with E-state index in [1.807, 2.05) is 30.3 Å². The van der Waals surface area contributed by atoms with E-state index in [0.29, 0.717) is 0 Å². The molecule has 0 saturated carbocycles. The van der Waals surface area contributed by atoms with Gasteiger partial charge in [-0.05, 0) is 31.2 Å². The van der Waals surface area contributed by atoms with Gasteiger partial charge in [0.2, 0.25) is 9.84 Å². The Morgan fingerprint density at radius 1 is 1.00 bits per heavy atom. The first-order chi connectivity index (χ1) is 10.1. The molecule has 0 fully saturated rings. The summed E-state index contributed by atoms with van der Waals surface area (Å²) < 4.78 is 25.2. The van der Waals surface area contributed by atoms with Crippen LogP contribution in [-0.4, -0.2) is 13.4 Å². The summed E-state index contributed by atoms with van der Waals surface area (Å²) in [5, 5.41) is 2.95. The van der Waals surface area contributed by atoms with Crippen molar-refractivity contribution >= 4 is 32.7 Å². The number of allylic oxidation sites excluding steroid dienone is 1. The molecule has 5 heteroatoms. The second-order valence-electron chi connectivity index (χ2n) is 4.29. The molecule has 0 radical (unpaired) electrons. The molecule has 1 N–H and O–H groups in total. The molecular weight excluding hydrogens is 302 g/mol. The van der Waals surface area contributed by atoms with Gasteiger partial charge in [-0.15, -0.1) is 0 Å². The minimum atomic E-state index is -3.61. The Balaban J connectivity index is 2.30. The summed E-state index contributed by atoms with van der Waals surface area (Å²) in [4.78, 5) is 0.524. The molecule has 0 atom stereocenters. The quantitative estimate of drug-likeness (QED) is 0.688. The van der Waals surface area contributed by atoms with E-state index < -0.39 is 9.84 Å². The fourth-order valence-electron chi connectivity index (χ4n) is 1.85. The van der Waals surface area contributed by atoms with Crippen molar-refractivity contribution in [3.05, 3.63) is 71.6 Å². The molecule has 0 aliphatic carbocycles. The first-order valence-electron chi connectivity index (χ1n) is 6.38. The van der Waals surface area contributed by atoms with E-state index in [0.717, 1.165) is 5.69 Å². The molecule has 0 aromatic heterocycles. The first kappa shape index (κ1) is 15.4. The Labute approximate surface area is 130 Å². The third-order valence-corrected chi connectivity index (χ3v) is 5.22. The van der Waals surface area contributed by atoms with E-state index in [-0.39, 0.29) is 14.8 Å². The van der Waals surface area contributed by atoms with Gasteiger partial charge in [-0.3, -0.25) is 0 Å². The van der Waals surface area contributed by atoms with Crippen LogP contribution in [0.1, 0.15) is 6.92 Å². The maximum Gasteiger partial charge on any atom is 0.209 e. The van der Waals surface area contributed by atoms with E-state index in [2.05, 4.69) is 5.32 Å². The van der Waals surface area contributed by atoms with Gasteiger partial charge >= 0.3 is 0 Å². The molecule has 2 aromatic rings. The highest BCUT2D eigenvalue weighted by Crippen LogP contribution is 2.21. The molecule has 3 nitrogen and oxygen atoms in total. The third kappa shape index (κ3) is 3.56. The van der Waals surface area contributed by atoms with Crippen LogP contribution in [0, 0.1) is 0 Å². The SMILES string of the molecule is C/C=C(/C(=S)Nc1ccccc1)S(=O)(=O)c1ccccc1. The van der Waals surface area contributed by atoms with Crippen LogP contribution in [0.25, 0.3) is 0 Å². The van der Waals surface area contributed by atoms with E-state index in [1.165, 1.54) is 6.08 Å². The van der Waals surface area contributed by atoms with Gasteiger partial charge in [-0.2, -0.15) is 0 Å². The Kier molecular flexibility index (Phi) is 4.88. The maximum absolute atomic E-state index is 12.6. The zero-order valence-corrected chi connectivity index (χ0v) is 13.1. The Hall–Kier alpha value is -1.98. The highest BCUT2D eigenvalue weighted by Gasteiger charge is 2.23. The van der Waals surface area contributed by atoms with Gasteiger partial charge in [-0.25, -0.2) is 8.42 Å². The van der Waals surface area contributed by atoms with Crippen molar-refractivity contribution in [1.29, 1.82) is 0 Å². The number of nitrogens with one attached hydrogen (secondary N) is 1. The summed E-state index contributed by atoms with van der Waals surface area (Å²) in [6, 6.07) is 17.5. The van der Waals surface area contributed by atoms with Crippen LogP contribution in [0.2, 0.25) is 0 Å². The molecule has 2 aromatic carbocycles. The average molecular weight is 317 g/mol. The topological polar surface area (TPSA) is 46.2 Å². The number of para-hydroxylation sites is 1. The van der Waals surface area contributed by atoms with Gasteiger partial charge in [0.1, 0.15) is 9.89 Å². The number of thiocarbonyl (C=S) groups is 1. The third-order valence-electron chi connectivity index (χ3n) is 2.86. The van der Waals surface area contributed by atoms with Gasteiger partial charge in [0.25, 0.3) is 0 Å². The van der Waals surface area contributed by atoms with Crippen LogP contribution >= 0.6 is 12.2 Å². The maximum atomic E-state index is 12.6. The van der Waals surface area contributed by atoms with Crippen molar-refractivity contribution in [3.63, 3.8) is 0 Å². The Bertz CT molecular complexity index is 751. The highest BCUT2D eigenvalue weighted by molar-refractivity contribution is 7.98. The van der Waals surface area contributed by atoms with Crippen LogP contribution in [0.15, 0.2) is 76.5 Å². The Morgan fingerprint density at radius 3 is 2.05 bits per heavy atom. The molecule has 2 rings (SSSR count). The molecule has 0 bridgehead atoms. The fourth-order valence-corrected chi connectivity index (χ4v) is 3.79. The van der Waals surface area contributed by atoms with Crippen molar-refractivity contribution in [3.8, 4) is 0 Å². The molecule has 0 spiro atoms. The van der Waals surface area contributed by atoms with Gasteiger partial charge in [0.05, 0.1) is 4.90 Å². The van der Waals surface area contributed by atoms with Crippen LogP contribution in [0.4, 0.5) is 5.69 Å². The molecule has 0 heterocycles. The zero-order valence-electron chi connectivity index (χ0n) is 11.5. The van der Waals surface area contributed by atoms with Crippen molar-refractivity contribution in [2.24, 2.45) is 0 Å². The lowest BCUT2D eigenvalue weighted by molar-refractivity contribution is 0.603. The molecule has 108 valence electrons. The van der Waals surface area contributed by atoms with Crippen LogP contribution in [0.3, 0.4) is 0 Å². The van der Waals surface area contributed by atoms with E-state index in [4.69, 9.17) is 12.2 Å². The monoisotopic (exact) mass is 317 g/mol. The van der Waals surface area contributed by atoms with Crippen molar-refractivity contribution < 1.29 is 8.42 Å². The molecule has 0 unspecified atom stereocenters. The minimum Gasteiger partial charge on any atom is -0.346 e.